The van der Waals surface area contributed by atoms with Crippen LogP contribution in [0.3, 0.4) is 0 Å². The zero-order valence-corrected chi connectivity index (χ0v) is 21.3. The van der Waals surface area contributed by atoms with Crippen molar-refractivity contribution in [1.29, 1.82) is 0 Å². The highest BCUT2D eigenvalue weighted by atomic mass is 35.5. The zero-order chi connectivity index (χ0) is 25.2. The van der Waals surface area contributed by atoms with Crippen LogP contribution in [0.5, 0.6) is 5.75 Å². The van der Waals surface area contributed by atoms with Crippen LogP contribution in [0.4, 0.5) is 5.69 Å². The largest absolute Gasteiger partial charge is 0.495 e. The Kier molecular flexibility index (Phi) is 7.09. The molecule has 1 fully saturated rings. The first-order chi connectivity index (χ1) is 17.5. The highest BCUT2D eigenvalue weighted by Crippen LogP contribution is 2.32. The van der Waals surface area contributed by atoms with E-state index < -0.39 is 0 Å². The molecule has 2 aromatic carbocycles. The lowest BCUT2D eigenvalue weighted by Gasteiger charge is -2.33. The summed E-state index contributed by atoms with van der Waals surface area (Å²) in [5, 5.41) is 1.38. The van der Waals surface area contributed by atoms with Gasteiger partial charge in [-0.2, -0.15) is 0 Å². The number of fused-ring (bicyclic) bond motifs is 2. The van der Waals surface area contributed by atoms with Gasteiger partial charge in [0.1, 0.15) is 5.75 Å². The molecule has 0 N–H and O–H groups in total. The number of rotatable bonds is 5. The summed E-state index contributed by atoms with van der Waals surface area (Å²) in [5.74, 6) is 0.490. The molecule has 1 aromatic heterocycles. The third kappa shape index (κ3) is 4.76. The Labute approximate surface area is 215 Å². The number of aromatic nitrogens is 1. The number of amides is 2. The van der Waals surface area contributed by atoms with E-state index in [9.17, 15) is 9.59 Å². The highest BCUT2D eigenvalue weighted by molar-refractivity contribution is 6.31. The van der Waals surface area contributed by atoms with Crippen molar-refractivity contribution in [3.8, 4) is 5.75 Å². The molecule has 8 nitrogen and oxygen atoms in total. The number of carbonyl (C=O) groups is 2. The van der Waals surface area contributed by atoms with Gasteiger partial charge < -0.3 is 19.3 Å². The number of likely N-dealkylation sites (N-methyl/N-ethyl adjacent to an activating group) is 1. The number of hydrogen-bond donors (Lipinski definition) is 0. The summed E-state index contributed by atoms with van der Waals surface area (Å²) in [6.07, 6.45) is 0.668. The normalized spacial score (nSPS) is 16.0. The topological polar surface area (TPSA) is 75.2 Å². The number of pyridine rings is 1. The summed E-state index contributed by atoms with van der Waals surface area (Å²) in [5.41, 5.74) is 3.97. The molecular formula is C27H29ClN4O4. The summed E-state index contributed by atoms with van der Waals surface area (Å²) < 4.78 is 10.9. The Bertz CT molecular complexity index is 1310. The van der Waals surface area contributed by atoms with Gasteiger partial charge in [0.2, 0.25) is 5.91 Å². The lowest BCUT2D eigenvalue weighted by atomic mass is 9.94. The van der Waals surface area contributed by atoms with Crippen LogP contribution in [-0.4, -0.2) is 80.1 Å². The van der Waals surface area contributed by atoms with Gasteiger partial charge in [-0.15, -0.1) is 0 Å². The standard InChI is InChI=1S/C27H29ClN4O4/c1-30(23-15-18(28)7-8-24(23)35-2)25(33)17-31-10-9-22-20(16-31)26(19-5-3-4-6-21(19)29-22)27(34)32-11-13-36-14-12-32/h3-8,15H,9-14,16-17H2,1-2H3. The molecule has 0 atom stereocenters. The first kappa shape index (κ1) is 24.5. The van der Waals surface area contributed by atoms with Crippen molar-refractivity contribution in [3.63, 3.8) is 0 Å². The van der Waals surface area contributed by atoms with Crippen molar-refractivity contribution in [2.75, 3.05) is 58.5 Å². The van der Waals surface area contributed by atoms with Gasteiger partial charge in [-0.1, -0.05) is 29.8 Å². The number of para-hydroxylation sites is 1. The van der Waals surface area contributed by atoms with Gasteiger partial charge in [0.15, 0.2) is 0 Å². The van der Waals surface area contributed by atoms with E-state index in [0.717, 1.165) is 22.2 Å². The fourth-order valence-corrected chi connectivity index (χ4v) is 5.07. The molecule has 2 aliphatic rings. The van der Waals surface area contributed by atoms with Crippen LogP contribution >= 0.6 is 11.6 Å². The predicted molar refractivity (Wildman–Crippen MR) is 139 cm³/mol. The monoisotopic (exact) mass is 508 g/mol. The average Bonchev–Trinajstić information content (AvgIpc) is 2.91. The van der Waals surface area contributed by atoms with E-state index in [2.05, 4.69) is 4.90 Å². The second kappa shape index (κ2) is 10.4. The van der Waals surface area contributed by atoms with E-state index in [0.29, 0.717) is 67.8 Å². The molecule has 36 heavy (non-hydrogen) atoms. The fraction of sp³-hybridized carbons (Fsp3) is 0.370. The Morgan fingerprint density at radius 1 is 1.14 bits per heavy atom. The van der Waals surface area contributed by atoms with Crippen LogP contribution in [0, 0.1) is 0 Å². The van der Waals surface area contributed by atoms with Gasteiger partial charge in [0.25, 0.3) is 5.91 Å². The van der Waals surface area contributed by atoms with E-state index in [1.54, 1.807) is 37.3 Å². The van der Waals surface area contributed by atoms with Crippen LogP contribution < -0.4 is 9.64 Å². The second-order valence-corrected chi connectivity index (χ2v) is 9.50. The van der Waals surface area contributed by atoms with Crippen molar-refractivity contribution in [2.24, 2.45) is 0 Å². The van der Waals surface area contributed by atoms with Gasteiger partial charge in [-0.05, 0) is 24.3 Å². The Morgan fingerprint density at radius 3 is 2.69 bits per heavy atom. The number of anilines is 1. The van der Waals surface area contributed by atoms with E-state index in [1.807, 2.05) is 29.2 Å². The molecule has 3 aromatic rings. The second-order valence-electron chi connectivity index (χ2n) is 9.06. The number of carbonyl (C=O) groups excluding carboxylic acids is 2. The minimum absolute atomic E-state index is 0.00195. The number of morpholine rings is 1. The predicted octanol–water partition coefficient (Wildman–Crippen LogP) is 3.39. The smallest absolute Gasteiger partial charge is 0.255 e. The Morgan fingerprint density at radius 2 is 1.92 bits per heavy atom. The number of methoxy groups -OCH3 is 1. The van der Waals surface area contributed by atoms with Gasteiger partial charge in [-0.3, -0.25) is 19.5 Å². The molecule has 3 heterocycles. The lowest BCUT2D eigenvalue weighted by molar-refractivity contribution is -0.119. The minimum Gasteiger partial charge on any atom is -0.495 e. The quantitative estimate of drug-likeness (QED) is 0.526. The molecular weight excluding hydrogens is 480 g/mol. The van der Waals surface area contributed by atoms with E-state index in [4.69, 9.17) is 26.1 Å². The molecule has 0 aliphatic carbocycles. The first-order valence-electron chi connectivity index (χ1n) is 12.1. The highest BCUT2D eigenvalue weighted by Gasteiger charge is 2.30. The van der Waals surface area contributed by atoms with Crippen molar-refractivity contribution in [2.45, 2.75) is 13.0 Å². The Balaban J connectivity index is 1.43. The van der Waals surface area contributed by atoms with Crippen LogP contribution in [-0.2, 0) is 22.5 Å². The molecule has 5 rings (SSSR count). The van der Waals surface area contributed by atoms with Crippen molar-refractivity contribution >= 4 is 40.0 Å². The number of hydrogen-bond acceptors (Lipinski definition) is 6. The molecule has 0 spiro atoms. The lowest BCUT2D eigenvalue weighted by Crippen LogP contribution is -2.43. The molecule has 2 amide bonds. The molecule has 0 unspecified atom stereocenters. The molecule has 0 bridgehead atoms. The molecule has 188 valence electrons. The summed E-state index contributed by atoms with van der Waals surface area (Å²) >= 11 is 6.17. The van der Waals surface area contributed by atoms with Crippen molar-refractivity contribution in [1.82, 2.24) is 14.8 Å². The maximum Gasteiger partial charge on any atom is 0.255 e. The maximum absolute atomic E-state index is 13.7. The fourth-order valence-electron chi connectivity index (χ4n) is 4.91. The summed E-state index contributed by atoms with van der Waals surface area (Å²) in [7, 11) is 3.29. The van der Waals surface area contributed by atoms with Crippen LogP contribution in [0.25, 0.3) is 10.9 Å². The summed E-state index contributed by atoms with van der Waals surface area (Å²) in [4.78, 5) is 37.4. The van der Waals surface area contributed by atoms with Gasteiger partial charge in [0, 0.05) is 61.3 Å². The summed E-state index contributed by atoms with van der Waals surface area (Å²) in [6, 6.07) is 13.0. The minimum atomic E-state index is -0.0891. The zero-order valence-electron chi connectivity index (χ0n) is 20.5. The molecule has 9 heteroatoms. The van der Waals surface area contributed by atoms with E-state index in [1.165, 1.54) is 0 Å². The third-order valence-corrected chi connectivity index (χ3v) is 7.11. The molecule has 0 radical (unpaired) electrons. The maximum atomic E-state index is 13.7. The van der Waals surface area contributed by atoms with Crippen LogP contribution in [0.1, 0.15) is 21.6 Å². The van der Waals surface area contributed by atoms with Gasteiger partial charge in [-0.25, -0.2) is 0 Å². The van der Waals surface area contributed by atoms with Crippen LogP contribution in [0.2, 0.25) is 5.02 Å². The van der Waals surface area contributed by atoms with E-state index in [-0.39, 0.29) is 18.4 Å². The number of benzene rings is 2. The van der Waals surface area contributed by atoms with Crippen LogP contribution in [0.15, 0.2) is 42.5 Å². The summed E-state index contributed by atoms with van der Waals surface area (Å²) in [6.45, 7) is 3.56. The van der Waals surface area contributed by atoms with Gasteiger partial charge >= 0.3 is 0 Å². The number of halogens is 1. The molecule has 2 aliphatic heterocycles. The third-order valence-electron chi connectivity index (χ3n) is 6.87. The SMILES string of the molecule is COc1ccc(Cl)cc1N(C)C(=O)CN1CCc2nc3ccccc3c(C(=O)N3CCOCC3)c2C1. The average molecular weight is 509 g/mol. The number of ether oxygens (including phenoxy) is 2. The number of nitrogens with zero attached hydrogens (tertiary/aromatic N) is 4. The van der Waals surface area contributed by atoms with Crippen molar-refractivity contribution in [3.05, 3.63) is 64.3 Å². The molecule has 0 saturated carbocycles. The first-order valence-corrected chi connectivity index (χ1v) is 12.4. The molecule has 1 saturated heterocycles. The van der Waals surface area contributed by atoms with Gasteiger partial charge in [0.05, 0.1) is 43.6 Å². The Hall–Kier alpha value is -3.20. The van der Waals surface area contributed by atoms with E-state index >= 15 is 0 Å². The van der Waals surface area contributed by atoms with Crippen molar-refractivity contribution < 1.29 is 19.1 Å².